The van der Waals surface area contributed by atoms with Gasteiger partial charge in [-0.1, -0.05) is 23.7 Å². The Kier molecular flexibility index (Phi) is 3.48. The van der Waals surface area contributed by atoms with E-state index in [1.165, 1.54) is 35.6 Å². The molecule has 0 fully saturated rings. The molecule has 0 atom stereocenters. The molecule has 3 aromatic rings. The maximum atomic E-state index is 13.0. The van der Waals surface area contributed by atoms with E-state index in [1.807, 2.05) is 0 Å². The molecule has 7 heteroatoms. The predicted molar refractivity (Wildman–Crippen MR) is 80.9 cm³/mol. The normalized spacial score (nSPS) is 10.8. The second kappa shape index (κ2) is 5.31. The summed E-state index contributed by atoms with van der Waals surface area (Å²) in [6.45, 7) is 0. The van der Waals surface area contributed by atoms with Crippen molar-refractivity contribution >= 4 is 22.9 Å². The smallest absolute Gasteiger partial charge is 0.297 e. The number of halogens is 2. The van der Waals surface area contributed by atoms with Crippen molar-refractivity contribution in [2.45, 2.75) is 0 Å². The third-order valence-electron chi connectivity index (χ3n) is 2.95. The highest BCUT2D eigenvalue weighted by atomic mass is 35.5. The third-order valence-corrected chi connectivity index (χ3v) is 3.91. The van der Waals surface area contributed by atoms with Crippen molar-refractivity contribution in [3.63, 3.8) is 0 Å². The zero-order chi connectivity index (χ0) is 15.0. The Morgan fingerprint density at radius 1 is 1.14 bits per heavy atom. The van der Waals surface area contributed by atoms with Crippen LogP contribution in [0.4, 0.5) is 4.39 Å². The lowest BCUT2D eigenvalue weighted by atomic mass is 10.1. The lowest BCUT2D eigenvalue weighted by molar-refractivity contribution is 0.628. The Labute approximate surface area is 127 Å². The summed E-state index contributed by atoms with van der Waals surface area (Å²) in [6, 6.07) is 6.99. The predicted octanol–water partition coefficient (Wildman–Crippen LogP) is 3.05. The Bertz CT molecular complexity index is 898. The molecule has 0 aliphatic carbocycles. The molecule has 1 aromatic carbocycles. The number of aromatic nitrogens is 2. The first-order chi connectivity index (χ1) is 10.1. The maximum absolute atomic E-state index is 13.0. The minimum Gasteiger partial charge on any atom is -0.297 e. The topological polar surface area (TPSA) is 54.9 Å². The van der Waals surface area contributed by atoms with Crippen LogP contribution in [0, 0.1) is 5.82 Å². The van der Waals surface area contributed by atoms with Gasteiger partial charge < -0.3 is 0 Å². The van der Waals surface area contributed by atoms with Crippen molar-refractivity contribution in [3.8, 4) is 16.8 Å². The molecule has 0 bridgehead atoms. The van der Waals surface area contributed by atoms with Gasteiger partial charge in [-0.25, -0.2) is 13.8 Å². The monoisotopic (exact) mass is 322 g/mol. The Balaban J connectivity index is 2.32. The first kappa shape index (κ1) is 13.8. The van der Waals surface area contributed by atoms with Crippen LogP contribution in [0.15, 0.2) is 50.7 Å². The van der Waals surface area contributed by atoms with Crippen LogP contribution in [-0.2, 0) is 0 Å². The van der Waals surface area contributed by atoms with E-state index in [9.17, 15) is 14.0 Å². The van der Waals surface area contributed by atoms with Crippen LogP contribution < -0.4 is 11.2 Å². The van der Waals surface area contributed by atoms with Gasteiger partial charge >= 0.3 is 5.69 Å². The van der Waals surface area contributed by atoms with Crippen LogP contribution in [0.1, 0.15) is 0 Å². The minimum atomic E-state index is -0.616. The molecule has 2 aromatic heterocycles. The highest BCUT2D eigenvalue weighted by molar-refractivity contribution is 7.08. The lowest BCUT2D eigenvalue weighted by Gasteiger charge is -2.08. The van der Waals surface area contributed by atoms with E-state index in [-0.39, 0.29) is 10.7 Å². The SMILES string of the molecule is O=c1[nH]c(Cl)c(-c2ccc(F)cc2)c(=O)n1-c1ccsc1. The molecule has 4 nitrogen and oxygen atoms in total. The second-order valence-electron chi connectivity index (χ2n) is 4.25. The third kappa shape index (κ3) is 2.43. The van der Waals surface area contributed by atoms with Gasteiger partial charge in [0.25, 0.3) is 5.56 Å². The van der Waals surface area contributed by atoms with Crippen molar-refractivity contribution in [2.24, 2.45) is 0 Å². The molecular formula is C14H8ClFN2O2S. The van der Waals surface area contributed by atoms with Gasteiger partial charge in [0.15, 0.2) is 0 Å². The van der Waals surface area contributed by atoms with Crippen LogP contribution in [-0.4, -0.2) is 9.55 Å². The standard InChI is InChI=1S/C14H8ClFN2O2S/c15-12-11(8-1-3-9(16)4-2-8)13(19)18(14(20)17-12)10-5-6-21-7-10/h1-7H,(H,17,20). The zero-order valence-electron chi connectivity index (χ0n) is 10.5. The van der Waals surface area contributed by atoms with Crippen LogP contribution in [0.5, 0.6) is 0 Å². The fourth-order valence-electron chi connectivity index (χ4n) is 2.00. The van der Waals surface area contributed by atoms with Crippen molar-refractivity contribution in [3.05, 3.63) is 72.9 Å². The molecule has 3 rings (SSSR count). The Morgan fingerprint density at radius 3 is 2.48 bits per heavy atom. The highest BCUT2D eigenvalue weighted by Gasteiger charge is 2.16. The van der Waals surface area contributed by atoms with Gasteiger partial charge in [-0.15, -0.1) is 0 Å². The van der Waals surface area contributed by atoms with E-state index < -0.39 is 17.1 Å². The summed E-state index contributed by atoms with van der Waals surface area (Å²) in [5.41, 5.74) is -0.136. The quantitative estimate of drug-likeness (QED) is 0.737. The number of hydrogen-bond donors (Lipinski definition) is 1. The van der Waals surface area contributed by atoms with Crippen molar-refractivity contribution in [1.82, 2.24) is 9.55 Å². The largest absolute Gasteiger partial charge is 0.334 e. The van der Waals surface area contributed by atoms with Gasteiger partial charge in [0.1, 0.15) is 11.0 Å². The van der Waals surface area contributed by atoms with Crippen LogP contribution in [0.25, 0.3) is 16.8 Å². The Hall–Kier alpha value is -2.18. The van der Waals surface area contributed by atoms with E-state index in [2.05, 4.69) is 4.98 Å². The first-order valence-electron chi connectivity index (χ1n) is 5.91. The number of nitrogens with zero attached hydrogens (tertiary/aromatic N) is 1. The number of nitrogens with one attached hydrogen (secondary N) is 1. The summed E-state index contributed by atoms with van der Waals surface area (Å²) in [5, 5.41) is 3.37. The van der Waals surface area contributed by atoms with E-state index in [0.29, 0.717) is 11.3 Å². The van der Waals surface area contributed by atoms with Gasteiger partial charge in [0.2, 0.25) is 0 Å². The van der Waals surface area contributed by atoms with Crippen LogP contribution in [0.3, 0.4) is 0 Å². The molecule has 0 aliphatic heterocycles. The lowest BCUT2D eigenvalue weighted by Crippen LogP contribution is -2.34. The number of hydrogen-bond acceptors (Lipinski definition) is 3. The minimum absolute atomic E-state index is 0.0666. The van der Waals surface area contributed by atoms with E-state index in [0.717, 1.165) is 4.57 Å². The summed E-state index contributed by atoms with van der Waals surface area (Å²) in [6.07, 6.45) is 0. The molecule has 0 aliphatic rings. The van der Waals surface area contributed by atoms with Gasteiger partial charge in [0.05, 0.1) is 11.3 Å². The number of rotatable bonds is 2. The highest BCUT2D eigenvalue weighted by Crippen LogP contribution is 2.22. The van der Waals surface area contributed by atoms with Crippen molar-refractivity contribution < 1.29 is 4.39 Å². The van der Waals surface area contributed by atoms with Crippen LogP contribution >= 0.6 is 22.9 Å². The van der Waals surface area contributed by atoms with E-state index in [1.54, 1.807) is 16.8 Å². The molecule has 106 valence electrons. The Morgan fingerprint density at radius 2 is 1.86 bits per heavy atom. The zero-order valence-corrected chi connectivity index (χ0v) is 12.0. The summed E-state index contributed by atoms with van der Waals surface area (Å²) >= 11 is 7.35. The molecule has 0 radical (unpaired) electrons. The number of thiophene rings is 1. The fourth-order valence-corrected chi connectivity index (χ4v) is 2.89. The first-order valence-corrected chi connectivity index (χ1v) is 7.23. The molecule has 0 amide bonds. The van der Waals surface area contributed by atoms with Gasteiger partial charge in [-0.05, 0) is 29.1 Å². The molecule has 0 saturated heterocycles. The molecule has 1 N–H and O–H groups in total. The average Bonchev–Trinajstić information content (AvgIpc) is 2.94. The summed E-state index contributed by atoms with van der Waals surface area (Å²) < 4.78 is 14.0. The van der Waals surface area contributed by atoms with Crippen LogP contribution in [0.2, 0.25) is 5.15 Å². The number of H-pyrrole nitrogens is 1. The number of aromatic amines is 1. The summed E-state index contributed by atoms with van der Waals surface area (Å²) in [5.74, 6) is -0.419. The molecule has 0 saturated carbocycles. The average molecular weight is 323 g/mol. The fraction of sp³-hybridized carbons (Fsp3) is 0. The van der Waals surface area contributed by atoms with E-state index in [4.69, 9.17) is 11.6 Å². The van der Waals surface area contributed by atoms with Gasteiger partial charge in [-0.3, -0.25) is 9.78 Å². The van der Waals surface area contributed by atoms with Gasteiger partial charge in [0, 0.05) is 5.38 Å². The molecule has 0 unspecified atom stereocenters. The molecule has 2 heterocycles. The van der Waals surface area contributed by atoms with Gasteiger partial charge in [-0.2, -0.15) is 11.3 Å². The summed E-state index contributed by atoms with van der Waals surface area (Å²) in [4.78, 5) is 27.0. The second-order valence-corrected chi connectivity index (χ2v) is 5.41. The van der Waals surface area contributed by atoms with Crippen molar-refractivity contribution in [2.75, 3.05) is 0 Å². The van der Waals surface area contributed by atoms with E-state index >= 15 is 0 Å². The molecular weight excluding hydrogens is 315 g/mol. The van der Waals surface area contributed by atoms with Crippen molar-refractivity contribution in [1.29, 1.82) is 0 Å². The molecule has 21 heavy (non-hydrogen) atoms. The number of benzene rings is 1. The molecule has 0 spiro atoms. The summed E-state index contributed by atoms with van der Waals surface area (Å²) in [7, 11) is 0. The maximum Gasteiger partial charge on any atom is 0.334 e.